The first-order chi connectivity index (χ1) is 11.7. The molecular weight excluding hydrogens is 304 g/mol. The average Bonchev–Trinajstić information content (AvgIpc) is 3.07. The SMILES string of the molecule is CCNC(=NCc1cccnc1OC1CCCC1)NC(C)COC. The van der Waals surface area contributed by atoms with Crippen LogP contribution in [0, 0.1) is 0 Å². The second kappa shape index (κ2) is 10.1. The maximum atomic E-state index is 6.08. The molecule has 0 bridgehead atoms. The van der Waals surface area contributed by atoms with Gasteiger partial charge in [-0.05, 0) is 45.6 Å². The highest BCUT2D eigenvalue weighted by atomic mass is 16.5. The van der Waals surface area contributed by atoms with E-state index in [1.165, 1.54) is 12.8 Å². The zero-order valence-electron chi connectivity index (χ0n) is 15.0. The van der Waals surface area contributed by atoms with Crippen LogP contribution >= 0.6 is 0 Å². The third-order valence-corrected chi connectivity index (χ3v) is 3.98. The summed E-state index contributed by atoms with van der Waals surface area (Å²) < 4.78 is 11.2. The Bertz CT molecular complexity index is 515. The molecule has 1 atom stereocenters. The first kappa shape index (κ1) is 18.5. The highest BCUT2D eigenvalue weighted by Gasteiger charge is 2.18. The number of nitrogens with one attached hydrogen (secondary N) is 2. The minimum Gasteiger partial charge on any atom is -0.474 e. The molecule has 1 aliphatic carbocycles. The summed E-state index contributed by atoms with van der Waals surface area (Å²) in [7, 11) is 1.70. The van der Waals surface area contributed by atoms with Gasteiger partial charge in [0.25, 0.3) is 0 Å². The number of aliphatic imine (C=N–C) groups is 1. The maximum absolute atomic E-state index is 6.08. The van der Waals surface area contributed by atoms with Crippen LogP contribution in [-0.2, 0) is 11.3 Å². The summed E-state index contributed by atoms with van der Waals surface area (Å²) in [5.74, 6) is 1.49. The van der Waals surface area contributed by atoms with Crippen molar-refractivity contribution in [3.8, 4) is 5.88 Å². The predicted octanol–water partition coefficient (Wildman–Crippen LogP) is 2.49. The Balaban J connectivity index is 2.01. The minimum absolute atomic E-state index is 0.191. The lowest BCUT2D eigenvalue weighted by atomic mass is 10.2. The van der Waals surface area contributed by atoms with E-state index in [2.05, 4.69) is 34.5 Å². The minimum atomic E-state index is 0.191. The summed E-state index contributed by atoms with van der Waals surface area (Å²) in [6.45, 7) is 6.09. The summed E-state index contributed by atoms with van der Waals surface area (Å²) in [5, 5.41) is 6.59. The first-order valence-electron chi connectivity index (χ1n) is 8.87. The number of nitrogens with zero attached hydrogens (tertiary/aromatic N) is 2. The summed E-state index contributed by atoms with van der Waals surface area (Å²) in [4.78, 5) is 9.06. The third kappa shape index (κ3) is 6.00. The summed E-state index contributed by atoms with van der Waals surface area (Å²) in [6.07, 6.45) is 6.82. The molecule has 6 nitrogen and oxygen atoms in total. The molecule has 0 saturated heterocycles. The first-order valence-corrected chi connectivity index (χ1v) is 8.87. The summed E-state index contributed by atoms with van der Waals surface area (Å²) in [5.41, 5.74) is 1.01. The van der Waals surface area contributed by atoms with Gasteiger partial charge in [-0.3, -0.25) is 0 Å². The van der Waals surface area contributed by atoms with E-state index in [0.29, 0.717) is 25.1 Å². The van der Waals surface area contributed by atoms with Crippen LogP contribution in [0.3, 0.4) is 0 Å². The van der Waals surface area contributed by atoms with Gasteiger partial charge in [-0.15, -0.1) is 0 Å². The smallest absolute Gasteiger partial charge is 0.218 e. The standard InChI is InChI=1S/C18H30N4O2/c1-4-19-18(22-14(2)13-23-3)21-12-15-8-7-11-20-17(15)24-16-9-5-6-10-16/h7-8,11,14,16H,4-6,9-10,12-13H2,1-3H3,(H2,19,21,22). The van der Waals surface area contributed by atoms with Gasteiger partial charge in [-0.1, -0.05) is 6.07 Å². The lowest BCUT2D eigenvalue weighted by Crippen LogP contribution is -2.43. The van der Waals surface area contributed by atoms with Crippen molar-refractivity contribution in [2.45, 2.75) is 58.2 Å². The van der Waals surface area contributed by atoms with Gasteiger partial charge in [-0.2, -0.15) is 0 Å². The third-order valence-electron chi connectivity index (χ3n) is 3.98. The lowest BCUT2D eigenvalue weighted by molar-refractivity contribution is 0.179. The molecule has 0 radical (unpaired) electrons. The Morgan fingerprint density at radius 3 is 2.92 bits per heavy atom. The Morgan fingerprint density at radius 2 is 2.21 bits per heavy atom. The summed E-state index contributed by atoms with van der Waals surface area (Å²) in [6, 6.07) is 4.15. The number of methoxy groups -OCH3 is 1. The van der Waals surface area contributed by atoms with E-state index >= 15 is 0 Å². The van der Waals surface area contributed by atoms with E-state index in [4.69, 9.17) is 9.47 Å². The number of pyridine rings is 1. The van der Waals surface area contributed by atoms with E-state index in [1.54, 1.807) is 13.3 Å². The van der Waals surface area contributed by atoms with Crippen molar-refractivity contribution in [3.05, 3.63) is 23.9 Å². The Labute approximate surface area is 145 Å². The molecule has 1 fully saturated rings. The number of rotatable bonds is 8. The molecule has 134 valence electrons. The molecule has 1 aromatic heterocycles. The van der Waals surface area contributed by atoms with Gasteiger partial charge in [0.15, 0.2) is 5.96 Å². The van der Waals surface area contributed by atoms with Crippen molar-refractivity contribution < 1.29 is 9.47 Å². The van der Waals surface area contributed by atoms with Crippen LogP contribution in [0.5, 0.6) is 5.88 Å². The van der Waals surface area contributed by atoms with Gasteiger partial charge in [0.05, 0.1) is 13.2 Å². The average molecular weight is 334 g/mol. The van der Waals surface area contributed by atoms with Crippen LogP contribution in [-0.4, -0.2) is 43.4 Å². The van der Waals surface area contributed by atoms with Crippen LogP contribution in [0.2, 0.25) is 0 Å². The van der Waals surface area contributed by atoms with Crippen molar-refractivity contribution >= 4 is 5.96 Å². The summed E-state index contributed by atoms with van der Waals surface area (Å²) >= 11 is 0. The zero-order valence-corrected chi connectivity index (χ0v) is 15.0. The maximum Gasteiger partial charge on any atom is 0.218 e. The van der Waals surface area contributed by atoms with Gasteiger partial charge in [0.2, 0.25) is 5.88 Å². The van der Waals surface area contributed by atoms with Gasteiger partial charge in [0, 0.05) is 31.5 Å². The Morgan fingerprint density at radius 1 is 1.42 bits per heavy atom. The molecule has 0 aliphatic heterocycles. The number of ether oxygens (including phenoxy) is 2. The van der Waals surface area contributed by atoms with Crippen LogP contribution in [0.4, 0.5) is 0 Å². The normalized spacial score (nSPS) is 16.9. The number of hydrogen-bond acceptors (Lipinski definition) is 4. The second-order valence-electron chi connectivity index (χ2n) is 6.19. The highest BCUT2D eigenvalue weighted by molar-refractivity contribution is 5.80. The fraction of sp³-hybridized carbons (Fsp3) is 0.667. The molecule has 2 N–H and O–H groups in total. The van der Waals surface area contributed by atoms with E-state index in [-0.39, 0.29) is 6.04 Å². The fourth-order valence-corrected chi connectivity index (χ4v) is 2.82. The zero-order chi connectivity index (χ0) is 17.2. The molecular formula is C18H30N4O2. The van der Waals surface area contributed by atoms with E-state index in [0.717, 1.165) is 30.9 Å². The van der Waals surface area contributed by atoms with Crippen molar-refractivity contribution in [2.24, 2.45) is 4.99 Å². The molecule has 1 aliphatic rings. The van der Waals surface area contributed by atoms with Crippen molar-refractivity contribution in [1.29, 1.82) is 0 Å². The molecule has 1 saturated carbocycles. The molecule has 0 amide bonds. The van der Waals surface area contributed by atoms with E-state index in [9.17, 15) is 0 Å². The lowest BCUT2D eigenvalue weighted by Gasteiger charge is -2.18. The molecule has 0 aromatic carbocycles. The highest BCUT2D eigenvalue weighted by Crippen LogP contribution is 2.25. The largest absolute Gasteiger partial charge is 0.474 e. The van der Waals surface area contributed by atoms with Gasteiger partial charge < -0.3 is 20.1 Å². The van der Waals surface area contributed by atoms with E-state index < -0.39 is 0 Å². The van der Waals surface area contributed by atoms with Gasteiger partial charge in [0.1, 0.15) is 6.10 Å². The number of hydrogen-bond donors (Lipinski definition) is 2. The number of guanidine groups is 1. The van der Waals surface area contributed by atoms with E-state index in [1.807, 2.05) is 12.1 Å². The molecule has 6 heteroatoms. The van der Waals surface area contributed by atoms with Gasteiger partial charge in [-0.25, -0.2) is 9.98 Å². The molecule has 1 aromatic rings. The Kier molecular flexibility index (Phi) is 7.82. The predicted molar refractivity (Wildman–Crippen MR) is 96.4 cm³/mol. The van der Waals surface area contributed by atoms with Crippen LogP contribution < -0.4 is 15.4 Å². The molecule has 0 spiro atoms. The molecule has 24 heavy (non-hydrogen) atoms. The van der Waals surface area contributed by atoms with Crippen LogP contribution in [0.15, 0.2) is 23.3 Å². The molecule has 2 rings (SSSR count). The molecule has 1 heterocycles. The number of aromatic nitrogens is 1. The fourth-order valence-electron chi connectivity index (χ4n) is 2.82. The Hall–Kier alpha value is -1.82. The quantitative estimate of drug-likeness (QED) is 0.565. The van der Waals surface area contributed by atoms with Gasteiger partial charge >= 0.3 is 0 Å². The van der Waals surface area contributed by atoms with Crippen molar-refractivity contribution in [2.75, 3.05) is 20.3 Å². The van der Waals surface area contributed by atoms with Crippen molar-refractivity contribution in [1.82, 2.24) is 15.6 Å². The molecule has 1 unspecified atom stereocenters. The topological polar surface area (TPSA) is 67.8 Å². The van der Waals surface area contributed by atoms with Crippen molar-refractivity contribution in [3.63, 3.8) is 0 Å². The van der Waals surface area contributed by atoms with Crippen LogP contribution in [0.25, 0.3) is 0 Å². The monoisotopic (exact) mass is 334 g/mol. The van der Waals surface area contributed by atoms with Crippen LogP contribution in [0.1, 0.15) is 45.1 Å². The second-order valence-corrected chi connectivity index (χ2v) is 6.19.